The van der Waals surface area contributed by atoms with Gasteiger partial charge < -0.3 is 54.7 Å². The number of ketones is 1. The number of anilines is 1. The molecule has 4 aliphatic rings. The summed E-state index contributed by atoms with van der Waals surface area (Å²) in [7, 11) is 3.42. The number of Topliss-reactive ketones (excluding diaryl/α,β-unsaturated/α-hetero) is 1. The molecule has 4 aliphatic heterocycles. The molecule has 9 atom stereocenters. The maximum Gasteiger partial charge on any atom is 1.00 e. The number of amides is 1. The molecule has 16 nitrogen and oxygen atoms in total. The Morgan fingerprint density at radius 2 is 1.60 bits per heavy atom. The number of fused-ring (bicyclic) bond motifs is 14. The van der Waals surface area contributed by atoms with E-state index < -0.39 is 88.8 Å². The maximum atomic E-state index is 14.4. The normalized spacial score (nSPS) is 31.5. The van der Waals surface area contributed by atoms with Crippen LogP contribution in [0.2, 0.25) is 0 Å². The minimum absolute atomic E-state index is 0. The summed E-state index contributed by atoms with van der Waals surface area (Å²) >= 11 is 0. The number of rotatable bonds is 4. The van der Waals surface area contributed by atoms with Gasteiger partial charge in [-0.05, 0) is 27.0 Å². The second kappa shape index (κ2) is 19.7. The van der Waals surface area contributed by atoms with E-state index in [2.05, 4.69) is 15.3 Å². The molecule has 0 spiro atoms. The molecule has 2 aromatic rings. The Morgan fingerprint density at radius 3 is 2.22 bits per heavy atom. The van der Waals surface area contributed by atoms with E-state index in [-0.39, 0.29) is 74.0 Å². The molecule has 1 amide bonds. The third-order valence-corrected chi connectivity index (χ3v) is 11.9. The molecule has 17 heteroatoms. The van der Waals surface area contributed by atoms with Crippen molar-refractivity contribution < 1.29 is 88.4 Å². The number of hydrogen-bond acceptors (Lipinski definition) is 15. The van der Waals surface area contributed by atoms with Crippen molar-refractivity contribution in [1.29, 1.82) is 0 Å². The number of phenolic OH excluding ortho intramolecular Hbond substituents is 3. The van der Waals surface area contributed by atoms with E-state index in [0.29, 0.717) is 13.1 Å². The number of hydrogen-bond donors (Lipinski definition) is 6. The molecule has 60 heavy (non-hydrogen) atoms. The van der Waals surface area contributed by atoms with Gasteiger partial charge in [0, 0.05) is 87.3 Å². The molecule has 1 unspecified atom stereocenters. The average molecular weight is 846 g/mol. The molecule has 5 bridgehead atoms. The number of aliphatic hydroxyl groups is 2. The largest absolute Gasteiger partial charge is 1.00 e. The topological polar surface area (TPSA) is 220 Å². The van der Waals surface area contributed by atoms with Crippen molar-refractivity contribution in [3.63, 3.8) is 0 Å². The Bertz CT molecular complexity index is 2080. The van der Waals surface area contributed by atoms with Crippen LogP contribution in [0.15, 0.2) is 41.2 Å². The van der Waals surface area contributed by atoms with Crippen LogP contribution in [0, 0.1) is 30.6 Å². The first kappa shape index (κ1) is 48.5. The molecular formula is C43H58N4NaO12+. The number of benzene rings is 2. The molecule has 322 valence electrons. The average Bonchev–Trinajstić information content (AvgIpc) is 3.46. The van der Waals surface area contributed by atoms with Crippen LogP contribution >= 0.6 is 0 Å². The second-order valence-corrected chi connectivity index (χ2v) is 16.1. The number of allylic oxidation sites excluding steroid dienone is 2. The number of hydrazone groups is 1. The first-order valence-electron chi connectivity index (χ1n) is 19.8. The van der Waals surface area contributed by atoms with Gasteiger partial charge in [-0.25, -0.2) is 0 Å². The predicted molar refractivity (Wildman–Crippen MR) is 220 cm³/mol. The second-order valence-electron chi connectivity index (χ2n) is 16.1. The van der Waals surface area contributed by atoms with E-state index in [1.807, 2.05) is 7.05 Å². The zero-order chi connectivity index (χ0) is 43.7. The standard InChI is InChI=1S/C43H58N4O12.Na/c1-21-12-11-13-22(2)42(55)45-33-28(20-44-47-17-15-46(9)16-18-47)37(52)30-31(38(33)53)36(51)26(6)40-32(30)41(54)43(8,59-40)57-19-14-29(56-10)23(3)39(58-27(7)48)25(5)35(50)24(4)34(21)49;/h11-14,19-21,23-25,29,34-35,39,49-53H,15-18H2,1-10H3,(H,45,55);/q;+1/b12-11-,19-14-,22-13-,44-20+;/t21-,23+,24+,25+,29-,34?,35+,39+,43+;/m0./s1. The molecule has 4 heterocycles. The van der Waals surface area contributed by atoms with Crippen LogP contribution in [-0.4, -0.2) is 130 Å². The smallest absolute Gasteiger partial charge is 0.507 e. The Kier molecular flexibility index (Phi) is 15.9. The molecule has 0 saturated carbocycles. The molecule has 0 aromatic heterocycles. The number of aromatic hydroxyl groups is 3. The van der Waals surface area contributed by atoms with E-state index >= 15 is 0 Å². The third kappa shape index (κ3) is 9.65. The molecule has 1 saturated heterocycles. The van der Waals surface area contributed by atoms with E-state index in [4.69, 9.17) is 18.9 Å². The van der Waals surface area contributed by atoms with E-state index in [9.17, 15) is 39.9 Å². The van der Waals surface area contributed by atoms with Gasteiger partial charge in [-0.15, -0.1) is 0 Å². The fraction of sp³-hybridized carbons (Fsp3) is 0.535. The summed E-state index contributed by atoms with van der Waals surface area (Å²) in [6, 6.07) is 0. The van der Waals surface area contributed by atoms with Crippen molar-refractivity contribution in [3.05, 3.63) is 52.8 Å². The Labute approximate surface area is 372 Å². The minimum Gasteiger partial charge on any atom is -0.507 e. The monoisotopic (exact) mass is 845 g/mol. The minimum atomic E-state index is -2.04. The SMILES string of the molecule is CO[C@H]1/C=C\O[C@]2(C)Oc3c(C)c(O)c4c(O)c(c(/C=N/N5CCN(C)CC5)c(O)c4c3C2=O)NC(=O)/C(C)=C\C=C/[C@H](C)C(O)[C@@H](C)[C@@H](O)[C@@H](C)[C@H](OC(C)=O)[C@@H]1C.[Na+]. The fourth-order valence-electron chi connectivity index (χ4n) is 7.92. The summed E-state index contributed by atoms with van der Waals surface area (Å²) in [5, 5.41) is 66.8. The van der Waals surface area contributed by atoms with Gasteiger partial charge in [0.1, 0.15) is 23.4 Å². The first-order chi connectivity index (χ1) is 27.7. The molecule has 2 aromatic carbocycles. The number of carbonyl (C=O) groups is 3. The number of carbonyl (C=O) groups excluding carboxylic acids is 3. The molecule has 0 radical (unpaired) electrons. The predicted octanol–water partition coefficient (Wildman–Crippen LogP) is 1.34. The van der Waals surface area contributed by atoms with Gasteiger partial charge in [0.2, 0.25) is 0 Å². The van der Waals surface area contributed by atoms with Crippen LogP contribution in [0.3, 0.4) is 0 Å². The molecular weight excluding hydrogens is 787 g/mol. The van der Waals surface area contributed by atoms with Gasteiger partial charge >= 0.3 is 41.3 Å². The van der Waals surface area contributed by atoms with Crippen molar-refractivity contribution in [3.8, 4) is 23.0 Å². The van der Waals surface area contributed by atoms with Crippen LogP contribution in [0.5, 0.6) is 23.0 Å². The van der Waals surface area contributed by atoms with Crippen molar-refractivity contribution in [2.75, 3.05) is 45.7 Å². The van der Waals surface area contributed by atoms with Crippen LogP contribution in [0.4, 0.5) is 5.69 Å². The number of piperazine rings is 1. The Balaban J connectivity index is 0.00000794. The van der Waals surface area contributed by atoms with Crippen LogP contribution < -0.4 is 39.6 Å². The number of ether oxygens (including phenoxy) is 4. The third-order valence-electron chi connectivity index (χ3n) is 11.9. The van der Waals surface area contributed by atoms with Gasteiger partial charge in [0.05, 0.1) is 53.0 Å². The number of likely N-dealkylation sites (N-methyl/N-ethyl adjacent to an activating group) is 1. The molecule has 0 aliphatic carbocycles. The quantitative estimate of drug-likeness (QED) is 0.0842. The van der Waals surface area contributed by atoms with E-state index in [1.165, 1.54) is 59.4 Å². The van der Waals surface area contributed by atoms with Crippen molar-refractivity contribution in [1.82, 2.24) is 9.91 Å². The zero-order valence-corrected chi connectivity index (χ0v) is 38.3. The number of esters is 1. The van der Waals surface area contributed by atoms with Gasteiger partial charge in [-0.1, -0.05) is 45.9 Å². The number of nitrogens with one attached hydrogen (secondary N) is 1. The summed E-state index contributed by atoms with van der Waals surface area (Å²) in [5.74, 6) is -8.34. The van der Waals surface area contributed by atoms with Crippen molar-refractivity contribution in [2.45, 2.75) is 85.6 Å². The zero-order valence-electron chi connectivity index (χ0n) is 36.3. The number of aliphatic hydroxyl groups excluding tert-OH is 2. The van der Waals surface area contributed by atoms with E-state index in [1.54, 1.807) is 44.9 Å². The van der Waals surface area contributed by atoms with Gasteiger partial charge in [0.15, 0.2) is 5.75 Å². The summed E-state index contributed by atoms with van der Waals surface area (Å²) in [5.41, 5.74) is -0.350. The Hall–Kier alpha value is -4.16. The molecule has 6 N–H and O–H groups in total. The van der Waals surface area contributed by atoms with E-state index in [0.717, 1.165) is 13.1 Å². The van der Waals surface area contributed by atoms with Crippen LogP contribution in [0.1, 0.15) is 70.0 Å². The van der Waals surface area contributed by atoms with Crippen LogP contribution in [0.25, 0.3) is 10.8 Å². The summed E-state index contributed by atoms with van der Waals surface area (Å²) in [6.45, 7) is 15.1. The first-order valence-corrected chi connectivity index (χ1v) is 19.8. The summed E-state index contributed by atoms with van der Waals surface area (Å²) < 4.78 is 23.6. The molecule has 1 fully saturated rings. The van der Waals surface area contributed by atoms with Gasteiger partial charge in [-0.3, -0.25) is 19.4 Å². The fourth-order valence-corrected chi connectivity index (χ4v) is 7.92. The van der Waals surface area contributed by atoms with Crippen LogP contribution in [-0.2, 0) is 23.8 Å². The van der Waals surface area contributed by atoms with Gasteiger partial charge in [0.25, 0.3) is 11.7 Å². The maximum absolute atomic E-state index is 14.4. The Morgan fingerprint density at radius 1 is 0.950 bits per heavy atom. The number of phenols is 3. The van der Waals surface area contributed by atoms with Crippen molar-refractivity contribution >= 4 is 40.3 Å². The molecule has 6 rings (SSSR count). The summed E-state index contributed by atoms with van der Waals surface area (Å²) in [6.07, 6.45) is 4.86. The van der Waals surface area contributed by atoms with Gasteiger partial charge in [-0.2, -0.15) is 5.10 Å². The number of methoxy groups -OCH3 is 1. The van der Waals surface area contributed by atoms with Crippen molar-refractivity contribution in [2.24, 2.45) is 28.8 Å². The number of nitrogens with zero attached hydrogens (tertiary/aromatic N) is 3. The summed E-state index contributed by atoms with van der Waals surface area (Å²) in [4.78, 5) is 42.6.